The van der Waals surface area contributed by atoms with Crippen LogP contribution in [-0.2, 0) is 4.74 Å². The van der Waals surface area contributed by atoms with Crippen LogP contribution in [0.5, 0.6) is 0 Å². The molecule has 0 saturated carbocycles. The molecule has 1 rings (SSSR count). The molecule has 2 unspecified atom stereocenters. The molecule has 3 heteroatoms. The molecule has 12 heavy (non-hydrogen) atoms. The van der Waals surface area contributed by atoms with E-state index < -0.39 is 0 Å². The number of nitrogens with one attached hydrogen (secondary N) is 1. The van der Waals surface area contributed by atoms with Gasteiger partial charge in [0.25, 0.3) is 0 Å². The zero-order valence-corrected chi connectivity index (χ0v) is 9.27. The first-order chi connectivity index (χ1) is 5.83. The largest absolute Gasteiger partial charge is 0.381 e. The average Bonchev–Trinajstić information content (AvgIpc) is 2.53. The van der Waals surface area contributed by atoms with Gasteiger partial charge < -0.3 is 10.1 Å². The average molecular weight is 236 g/mol. The van der Waals surface area contributed by atoms with E-state index in [-0.39, 0.29) is 0 Å². The van der Waals surface area contributed by atoms with E-state index in [9.17, 15) is 0 Å². The van der Waals surface area contributed by atoms with Crippen molar-refractivity contribution in [2.75, 3.05) is 25.1 Å². The molecule has 0 aliphatic carbocycles. The fourth-order valence-electron chi connectivity index (χ4n) is 1.38. The van der Waals surface area contributed by atoms with Crippen molar-refractivity contribution in [3.8, 4) is 0 Å². The Morgan fingerprint density at radius 3 is 3.08 bits per heavy atom. The van der Waals surface area contributed by atoms with Gasteiger partial charge in [0.2, 0.25) is 0 Å². The smallest absolute Gasteiger partial charge is 0.0507 e. The number of halogens is 1. The molecule has 1 saturated heterocycles. The maximum absolute atomic E-state index is 5.30. The van der Waals surface area contributed by atoms with Crippen LogP contribution < -0.4 is 5.32 Å². The third kappa shape index (κ3) is 3.87. The Hall–Kier alpha value is 0.400. The van der Waals surface area contributed by atoms with Crippen LogP contribution in [0.2, 0.25) is 0 Å². The molecule has 2 atom stereocenters. The zero-order chi connectivity index (χ0) is 8.81. The topological polar surface area (TPSA) is 21.3 Å². The first-order valence-electron chi connectivity index (χ1n) is 4.70. The lowest BCUT2D eigenvalue weighted by Crippen LogP contribution is -2.31. The minimum Gasteiger partial charge on any atom is -0.381 e. The Bertz CT molecular complexity index is 115. The fourth-order valence-corrected chi connectivity index (χ4v) is 2.06. The van der Waals surface area contributed by atoms with Crippen molar-refractivity contribution in [2.24, 2.45) is 5.92 Å². The van der Waals surface area contributed by atoms with Gasteiger partial charge in [-0.2, -0.15) is 0 Å². The van der Waals surface area contributed by atoms with Gasteiger partial charge in [0, 0.05) is 24.5 Å². The third-order valence-corrected chi connectivity index (χ3v) is 2.78. The molecule has 1 fully saturated rings. The van der Waals surface area contributed by atoms with Crippen LogP contribution in [0.25, 0.3) is 0 Å². The van der Waals surface area contributed by atoms with E-state index in [1.54, 1.807) is 0 Å². The van der Waals surface area contributed by atoms with Crippen LogP contribution in [0, 0.1) is 5.92 Å². The summed E-state index contributed by atoms with van der Waals surface area (Å²) in [6.45, 7) is 5.26. The molecule has 1 aliphatic rings. The molecule has 0 amide bonds. The zero-order valence-electron chi connectivity index (χ0n) is 7.68. The van der Waals surface area contributed by atoms with Crippen molar-refractivity contribution in [2.45, 2.75) is 25.8 Å². The minimum atomic E-state index is 0.630. The van der Waals surface area contributed by atoms with Crippen molar-refractivity contribution >= 4 is 15.9 Å². The number of alkyl halides is 1. The van der Waals surface area contributed by atoms with Crippen molar-refractivity contribution in [1.82, 2.24) is 5.32 Å². The van der Waals surface area contributed by atoms with Crippen molar-refractivity contribution in [3.63, 3.8) is 0 Å². The van der Waals surface area contributed by atoms with E-state index >= 15 is 0 Å². The van der Waals surface area contributed by atoms with E-state index in [1.165, 1.54) is 12.8 Å². The van der Waals surface area contributed by atoms with Gasteiger partial charge in [-0.05, 0) is 25.7 Å². The van der Waals surface area contributed by atoms with Crippen LogP contribution in [0.15, 0.2) is 0 Å². The molecule has 0 aromatic carbocycles. The number of ether oxygens (including phenoxy) is 1. The second-order valence-electron chi connectivity index (χ2n) is 3.52. The monoisotopic (exact) mass is 235 g/mol. The van der Waals surface area contributed by atoms with Gasteiger partial charge >= 0.3 is 0 Å². The summed E-state index contributed by atoms with van der Waals surface area (Å²) in [7, 11) is 0. The standard InChI is InChI=1S/C9H18BrNO/c1-8(2-4-10)11-6-9-3-5-12-7-9/h8-9,11H,2-7H2,1H3. The van der Waals surface area contributed by atoms with Crippen LogP contribution in [0.4, 0.5) is 0 Å². The van der Waals surface area contributed by atoms with E-state index in [0.717, 1.165) is 31.0 Å². The van der Waals surface area contributed by atoms with Gasteiger partial charge in [-0.3, -0.25) is 0 Å². The second-order valence-corrected chi connectivity index (χ2v) is 4.31. The predicted molar refractivity (Wildman–Crippen MR) is 54.8 cm³/mol. The van der Waals surface area contributed by atoms with Gasteiger partial charge in [0.15, 0.2) is 0 Å². The second kappa shape index (κ2) is 5.95. The highest BCUT2D eigenvalue weighted by atomic mass is 79.9. The highest BCUT2D eigenvalue weighted by Gasteiger charge is 2.15. The summed E-state index contributed by atoms with van der Waals surface area (Å²) in [5.41, 5.74) is 0. The van der Waals surface area contributed by atoms with Gasteiger partial charge in [0.1, 0.15) is 0 Å². The van der Waals surface area contributed by atoms with Gasteiger partial charge in [-0.25, -0.2) is 0 Å². The maximum Gasteiger partial charge on any atom is 0.0507 e. The highest BCUT2D eigenvalue weighted by molar-refractivity contribution is 9.09. The Kier molecular flexibility index (Phi) is 5.19. The molecule has 1 heterocycles. The Labute approximate surface area is 83.2 Å². The molecule has 0 aromatic rings. The predicted octanol–water partition coefficient (Wildman–Crippen LogP) is 1.79. The first kappa shape index (κ1) is 10.5. The number of hydrogen-bond acceptors (Lipinski definition) is 2. The van der Waals surface area contributed by atoms with Crippen LogP contribution in [0.1, 0.15) is 19.8 Å². The van der Waals surface area contributed by atoms with Crippen LogP contribution >= 0.6 is 15.9 Å². The summed E-state index contributed by atoms with van der Waals surface area (Å²) < 4.78 is 5.30. The van der Waals surface area contributed by atoms with Crippen LogP contribution in [0.3, 0.4) is 0 Å². The normalized spacial score (nSPS) is 26.0. The molecule has 0 radical (unpaired) electrons. The lowest BCUT2D eigenvalue weighted by Gasteiger charge is -2.14. The molecule has 0 spiro atoms. The van der Waals surface area contributed by atoms with E-state index in [2.05, 4.69) is 28.2 Å². The number of hydrogen-bond donors (Lipinski definition) is 1. The van der Waals surface area contributed by atoms with Gasteiger partial charge in [-0.15, -0.1) is 0 Å². The van der Waals surface area contributed by atoms with E-state index in [1.807, 2.05) is 0 Å². The van der Waals surface area contributed by atoms with Crippen molar-refractivity contribution < 1.29 is 4.74 Å². The quantitative estimate of drug-likeness (QED) is 0.735. The Morgan fingerprint density at radius 2 is 2.50 bits per heavy atom. The maximum atomic E-state index is 5.30. The molecular weight excluding hydrogens is 218 g/mol. The molecular formula is C9H18BrNO. The van der Waals surface area contributed by atoms with Crippen LogP contribution in [-0.4, -0.2) is 31.1 Å². The lowest BCUT2D eigenvalue weighted by molar-refractivity contribution is 0.184. The molecule has 0 aromatic heterocycles. The summed E-state index contributed by atoms with van der Waals surface area (Å²) in [6, 6.07) is 0.630. The van der Waals surface area contributed by atoms with E-state index in [0.29, 0.717) is 6.04 Å². The van der Waals surface area contributed by atoms with E-state index in [4.69, 9.17) is 4.74 Å². The summed E-state index contributed by atoms with van der Waals surface area (Å²) in [5, 5.41) is 4.60. The molecule has 0 bridgehead atoms. The molecule has 2 nitrogen and oxygen atoms in total. The van der Waals surface area contributed by atoms with Crippen molar-refractivity contribution in [3.05, 3.63) is 0 Å². The summed E-state index contributed by atoms with van der Waals surface area (Å²) in [5.74, 6) is 0.753. The molecule has 72 valence electrons. The number of rotatable bonds is 5. The SMILES string of the molecule is CC(CCBr)NCC1CCOC1. The van der Waals surface area contributed by atoms with Gasteiger partial charge in [0.05, 0.1) is 6.61 Å². The molecule has 1 N–H and O–H groups in total. The molecule has 1 aliphatic heterocycles. The summed E-state index contributed by atoms with van der Waals surface area (Å²) in [6.07, 6.45) is 2.43. The minimum absolute atomic E-state index is 0.630. The third-order valence-electron chi connectivity index (χ3n) is 2.32. The highest BCUT2D eigenvalue weighted by Crippen LogP contribution is 2.11. The first-order valence-corrected chi connectivity index (χ1v) is 5.82. The Balaban J connectivity index is 1.99. The lowest BCUT2D eigenvalue weighted by atomic mass is 10.1. The van der Waals surface area contributed by atoms with Crippen molar-refractivity contribution in [1.29, 1.82) is 0 Å². The fraction of sp³-hybridized carbons (Fsp3) is 1.00. The summed E-state index contributed by atoms with van der Waals surface area (Å²) >= 11 is 3.44. The summed E-state index contributed by atoms with van der Waals surface area (Å²) in [4.78, 5) is 0. The Morgan fingerprint density at radius 1 is 1.67 bits per heavy atom. The van der Waals surface area contributed by atoms with Gasteiger partial charge in [-0.1, -0.05) is 15.9 Å².